The summed E-state index contributed by atoms with van der Waals surface area (Å²) in [7, 11) is 1.45. The molecule has 134 valence electrons. The van der Waals surface area contributed by atoms with Crippen molar-refractivity contribution < 1.29 is 18.7 Å². The first-order valence-corrected chi connectivity index (χ1v) is 8.99. The maximum Gasteiger partial charge on any atom is 0.293 e. The van der Waals surface area contributed by atoms with Crippen LogP contribution in [0.1, 0.15) is 11.1 Å². The third-order valence-corrected chi connectivity index (χ3v) is 5.06. The second kappa shape index (κ2) is 7.70. The average Bonchev–Trinajstić information content (AvgIpc) is 2.84. The zero-order valence-corrected chi connectivity index (χ0v) is 15.8. The maximum absolute atomic E-state index is 13.0. The number of hydrogen-bond donors (Lipinski definition) is 0. The van der Waals surface area contributed by atoms with Crippen molar-refractivity contribution in [1.29, 1.82) is 0 Å². The summed E-state index contributed by atoms with van der Waals surface area (Å²) in [4.78, 5) is 26.1. The molecule has 2 aromatic carbocycles. The highest BCUT2D eigenvalue weighted by molar-refractivity contribution is 8.18. The van der Waals surface area contributed by atoms with E-state index in [1.807, 2.05) is 0 Å². The zero-order valence-electron chi connectivity index (χ0n) is 13.5. The molecule has 1 saturated heterocycles. The van der Waals surface area contributed by atoms with E-state index in [-0.39, 0.29) is 17.3 Å². The van der Waals surface area contributed by atoms with Gasteiger partial charge in [-0.3, -0.25) is 14.5 Å². The minimum Gasteiger partial charge on any atom is -0.495 e. The van der Waals surface area contributed by atoms with E-state index >= 15 is 0 Å². The molecule has 1 fully saturated rings. The summed E-state index contributed by atoms with van der Waals surface area (Å²) in [6.07, 6.45) is 1.52. The summed E-state index contributed by atoms with van der Waals surface area (Å²) >= 11 is 12.9. The standard InChI is InChI=1S/C18H12Cl2FNO3S/c1-25-16-11(6-12(19)8-14(16)20)7-15-17(23)22(18(24)26-15)9-10-2-4-13(21)5-3-10/h2-8H,9H2,1H3/b15-7-. The Balaban J connectivity index is 1.89. The molecular weight excluding hydrogens is 400 g/mol. The molecular formula is C18H12Cl2FNO3S. The van der Waals surface area contributed by atoms with Crippen LogP contribution < -0.4 is 4.74 Å². The molecule has 1 aliphatic heterocycles. The number of rotatable bonds is 4. The van der Waals surface area contributed by atoms with Gasteiger partial charge in [0.2, 0.25) is 0 Å². The number of carbonyl (C=O) groups is 2. The SMILES string of the molecule is COc1c(Cl)cc(Cl)cc1/C=C1\SC(=O)N(Cc2ccc(F)cc2)C1=O. The average molecular weight is 412 g/mol. The fraction of sp³-hybridized carbons (Fsp3) is 0.111. The maximum atomic E-state index is 13.0. The van der Waals surface area contributed by atoms with Gasteiger partial charge in [-0.05, 0) is 47.7 Å². The van der Waals surface area contributed by atoms with Gasteiger partial charge in [0.15, 0.2) is 0 Å². The second-order valence-electron chi connectivity index (χ2n) is 5.40. The Kier molecular flexibility index (Phi) is 5.55. The Morgan fingerprint density at radius 3 is 2.54 bits per heavy atom. The first-order valence-electron chi connectivity index (χ1n) is 7.42. The molecule has 3 rings (SSSR count). The lowest BCUT2D eigenvalue weighted by Crippen LogP contribution is -2.27. The zero-order chi connectivity index (χ0) is 18.8. The molecule has 8 heteroatoms. The fourth-order valence-corrected chi connectivity index (χ4v) is 3.87. The van der Waals surface area contributed by atoms with Crippen molar-refractivity contribution in [3.8, 4) is 5.75 Å². The molecule has 2 aromatic rings. The number of thioether (sulfide) groups is 1. The lowest BCUT2D eigenvalue weighted by Gasteiger charge is -2.12. The van der Waals surface area contributed by atoms with Crippen LogP contribution in [0.15, 0.2) is 41.3 Å². The quantitative estimate of drug-likeness (QED) is 0.633. The molecule has 1 aliphatic rings. The molecule has 1 heterocycles. The Morgan fingerprint density at radius 2 is 1.88 bits per heavy atom. The fourth-order valence-electron chi connectivity index (χ4n) is 2.45. The van der Waals surface area contributed by atoms with E-state index in [1.54, 1.807) is 6.07 Å². The van der Waals surface area contributed by atoms with E-state index in [2.05, 4.69) is 0 Å². The van der Waals surface area contributed by atoms with Gasteiger partial charge < -0.3 is 4.74 Å². The molecule has 0 saturated carbocycles. The summed E-state index contributed by atoms with van der Waals surface area (Å²) < 4.78 is 18.2. The van der Waals surface area contributed by atoms with Crippen LogP contribution >= 0.6 is 35.0 Å². The van der Waals surface area contributed by atoms with Gasteiger partial charge in [-0.2, -0.15) is 0 Å². The van der Waals surface area contributed by atoms with E-state index in [4.69, 9.17) is 27.9 Å². The van der Waals surface area contributed by atoms with Crippen LogP contribution in [0.5, 0.6) is 5.75 Å². The number of benzene rings is 2. The van der Waals surface area contributed by atoms with Gasteiger partial charge in [-0.1, -0.05) is 35.3 Å². The van der Waals surface area contributed by atoms with Crippen LogP contribution in [0.2, 0.25) is 10.0 Å². The molecule has 4 nitrogen and oxygen atoms in total. The minimum absolute atomic E-state index is 0.0652. The number of carbonyl (C=O) groups excluding carboxylic acids is 2. The number of hydrogen-bond acceptors (Lipinski definition) is 4. The van der Waals surface area contributed by atoms with Crippen LogP contribution in [-0.2, 0) is 11.3 Å². The molecule has 0 aromatic heterocycles. The van der Waals surface area contributed by atoms with E-state index in [0.717, 1.165) is 16.7 Å². The van der Waals surface area contributed by atoms with Crippen molar-refractivity contribution in [3.63, 3.8) is 0 Å². The molecule has 0 aliphatic carbocycles. The van der Waals surface area contributed by atoms with Crippen LogP contribution in [0.25, 0.3) is 6.08 Å². The summed E-state index contributed by atoms with van der Waals surface area (Å²) in [5.41, 5.74) is 1.15. The van der Waals surface area contributed by atoms with Crippen molar-refractivity contribution >= 4 is 52.2 Å². The molecule has 0 atom stereocenters. The topological polar surface area (TPSA) is 46.6 Å². The van der Waals surface area contributed by atoms with Crippen molar-refractivity contribution in [3.05, 3.63) is 68.3 Å². The van der Waals surface area contributed by atoms with Gasteiger partial charge in [0, 0.05) is 10.6 Å². The Morgan fingerprint density at radius 1 is 1.19 bits per heavy atom. The van der Waals surface area contributed by atoms with Crippen molar-refractivity contribution in [2.75, 3.05) is 7.11 Å². The van der Waals surface area contributed by atoms with E-state index in [1.165, 1.54) is 43.5 Å². The van der Waals surface area contributed by atoms with Gasteiger partial charge in [0.05, 0.1) is 23.6 Å². The van der Waals surface area contributed by atoms with E-state index in [0.29, 0.717) is 26.9 Å². The van der Waals surface area contributed by atoms with Gasteiger partial charge in [-0.15, -0.1) is 0 Å². The van der Waals surface area contributed by atoms with Crippen LogP contribution in [0.4, 0.5) is 9.18 Å². The van der Waals surface area contributed by atoms with Gasteiger partial charge in [0.1, 0.15) is 11.6 Å². The van der Waals surface area contributed by atoms with E-state index < -0.39 is 11.1 Å². The lowest BCUT2D eigenvalue weighted by molar-refractivity contribution is -0.123. The number of nitrogens with zero attached hydrogens (tertiary/aromatic N) is 1. The molecule has 26 heavy (non-hydrogen) atoms. The van der Waals surface area contributed by atoms with Crippen LogP contribution in [-0.4, -0.2) is 23.2 Å². The highest BCUT2D eigenvalue weighted by atomic mass is 35.5. The second-order valence-corrected chi connectivity index (χ2v) is 7.24. The number of methoxy groups -OCH3 is 1. The summed E-state index contributed by atoms with van der Waals surface area (Å²) in [5, 5.41) is 0.280. The highest BCUT2D eigenvalue weighted by Gasteiger charge is 2.35. The number of ether oxygens (including phenoxy) is 1. The number of imide groups is 1. The Bertz CT molecular complexity index is 915. The predicted molar refractivity (Wildman–Crippen MR) is 101 cm³/mol. The highest BCUT2D eigenvalue weighted by Crippen LogP contribution is 2.38. The largest absolute Gasteiger partial charge is 0.495 e. The third-order valence-electron chi connectivity index (χ3n) is 3.66. The van der Waals surface area contributed by atoms with Gasteiger partial charge in [-0.25, -0.2) is 4.39 Å². The Labute approximate surface area is 163 Å². The molecule has 0 spiro atoms. The first-order chi connectivity index (χ1) is 12.4. The van der Waals surface area contributed by atoms with Crippen molar-refractivity contribution in [1.82, 2.24) is 4.90 Å². The summed E-state index contributed by atoms with van der Waals surface area (Å²) in [6, 6.07) is 8.75. The van der Waals surface area contributed by atoms with E-state index in [9.17, 15) is 14.0 Å². The number of amides is 2. The molecule has 0 bridgehead atoms. The smallest absolute Gasteiger partial charge is 0.293 e. The third kappa shape index (κ3) is 3.87. The first kappa shape index (κ1) is 18.8. The van der Waals surface area contributed by atoms with Crippen LogP contribution in [0, 0.1) is 5.82 Å². The molecule has 0 unspecified atom stereocenters. The van der Waals surface area contributed by atoms with Crippen molar-refractivity contribution in [2.24, 2.45) is 0 Å². The van der Waals surface area contributed by atoms with Crippen LogP contribution in [0.3, 0.4) is 0 Å². The van der Waals surface area contributed by atoms with Gasteiger partial charge >= 0.3 is 0 Å². The monoisotopic (exact) mass is 411 g/mol. The molecule has 0 radical (unpaired) electrons. The summed E-state index contributed by atoms with van der Waals surface area (Å²) in [5.74, 6) is -0.461. The normalized spacial score (nSPS) is 15.8. The van der Waals surface area contributed by atoms with Crippen molar-refractivity contribution in [2.45, 2.75) is 6.54 Å². The lowest BCUT2D eigenvalue weighted by atomic mass is 10.1. The minimum atomic E-state index is -0.442. The molecule has 2 amide bonds. The van der Waals surface area contributed by atoms with Gasteiger partial charge in [0.25, 0.3) is 11.1 Å². The summed E-state index contributed by atoms with van der Waals surface area (Å²) in [6.45, 7) is 0.0652. The predicted octanol–water partition coefficient (Wildman–Crippen LogP) is 5.38. The molecule has 0 N–H and O–H groups in total. The number of halogens is 3. The Hall–Kier alpha value is -2.02.